The van der Waals surface area contributed by atoms with Gasteiger partial charge < -0.3 is 4.90 Å². The van der Waals surface area contributed by atoms with Crippen LogP contribution >= 0.6 is 11.8 Å². The summed E-state index contributed by atoms with van der Waals surface area (Å²) in [6, 6.07) is 4.29. The fourth-order valence-corrected chi connectivity index (χ4v) is 2.74. The lowest BCUT2D eigenvalue weighted by Gasteiger charge is -2.13. The second kappa shape index (κ2) is 8.23. The van der Waals surface area contributed by atoms with Crippen molar-refractivity contribution in [2.45, 2.75) is 46.3 Å². The van der Waals surface area contributed by atoms with E-state index in [1.165, 1.54) is 16.7 Å². The van der Waals surface area contributed by atoms with Crippen LogP contribution in [0, 0.1) is 19.3 Å². The molecule has 0 fully saturated rings. The zero-order chi connectivity index (χ0) is 16.0. The summed E-state index contributed by atoms with van der Waals surface area (Å²) in [5.74, 6) is 0. The van der Waals surface area contributed by atoms with Crippen LogP contribution in [0.1, 0.15) is 37.5 Å². The summed E-state index contributed by atoms with van der Waals surface area (Å²) in [5.41, 5.74) is 4.62. The van der Waals surface area contributed by atoms with Crippen LogP contribution in [0.25, 0.3) is 0 Å². The van der Waals surface area contributed by atoms with Gasteiger partial charge in [-0.3, -0.25) is 5.41 Å². The number of rotatable bonds is 6. The molecular weight excluding hydrogens is 278 g/mol. The molecule has 0 heterocycles. The first-order valence-electron chi connectivity index (χ1n) is 7.42. The monoisotopic (exact) mass is 305 g/mol. The van der Waals surface area contributed by atoms with Gasteiger partial charge in [0.25, 0.3) is 0 Å². The van der Waals surface area contributed by atoms with Gasteiger partial charge >= 0.3 is 0 Å². The van der Waals surface area contributed by atoms with Gasteiger partial charge in [-0.25, -0.2) is 4.99 Å². The second-order valence-electron chi connectivity index (χ2n) is 5.65. The van der Waals surface area contributed by atoms with Crippen LogP contribution in [0.3, 0.4) is 0 Å². The van der Waals surface area contributed by atoms with Gasteiger partial charge in [-0.1, -0.05) is 19.9 Å². The third-order valence-corrected chi connectivity index (χ3v) is 4.18. The Morgan fingerprint density at radius 1 is 1.33 bits per heavy atom. The van der Waals surface area contributed by atoms with Gasteiger partial charge in [0.05, 0.1) is 17.1 Å². The minimum atomic E-state index is 0.465. The molecule has 0 unspecified atom stereocenters. The van der Waals surface area contributed by atoms with E-state index in [0.29, 0.717) is 11.7 Å². The average Bonchev–Trinajstić information content (AvgIpc) is 2.39. The number of thioether (sulfide) groups is 1. The largest absolute Gasteiger partial charge is 0.366 e. The molecule has 0 saturated heterocycles. The molecule has 0 aliphatic heterocycles. The molecule has 1 aromatic carbocycles. The highest BCUT2D eigenvalue weighted by Crippen LogP contribution is 2.25. The van der Waals surface area contributed by atoms with E-state index in [2.05, 4.69) is 56.6 Å². The fourth-order valence-electron chi connectivity index (χ4n) is 1.93. The van der Waals surface area contributed by atoms with Crippen molar-refractivity contribution in [3.05, 3.63) is 28.8 Å². The van der Waals surface area contributed by atoms with E-state index in [4.69, 9.17) is 5.41 Å². The van der Waals surface area contributed by atoms with Crippen molar-refractivity contribution in [3.8, 4) is 0 Å². The Hall–Kier alpha value is -1.29. The zero-order valence-corrected chi connectivity index (χ0v) is 14.8. The molecule has 0 aliphatic rings. The lowest BCUT2D eigenvalue weighted by molar-refractivity contribution is 0.552. The maximum Gasteiger partial charge on any atom is 0.0909 e. The summed E-state index contributed by atoms with van der Waals surface area (Å²) < 4.78 is 0. The Kier molecular flexibility index (Phi) is 6.96. The summed E-state index contributed by atoms with van der Waals surface area (Å²) >= 11 is 1.63. The standard InChI is InChI=1S/C17H27N3S/c1-7-20(6)11-19-16-9-13(4)15(8-14(16)5)10-17(18)21-12(2)3/h8-9,11-12,18H,7,10H2,1-6H3. The number of aryl methyl sites for hydroxylation is 2. The smallest absolute Gasteiger partial charge is 0.0909 e. The summed E-state index contributed by atoms with van der Waals surface area (Å²) in [5, 5.41) is 9.26. The van der Waals surface area contributed by atoms with Crippen molar-refractivity contribution in [3.63, 3.8) is 0 Å². The van der Waals surface area contributed by atoms with Crippen molar-refractivity contribution in [1.29, 1.82) is 5.41 Å². The molecule has 4 heteroatoms. The van der Waals surface area contributed by atoms with E-state index in [1.807, 2.05) is 13.4 Å². The second-order valence-corrected chi connectivity index (χ2v) is 7.32. The molecule has 0 saturated carbocycles. The Morgan fingerprint density at radius 2 is 2.00 bits per heavy atom. The van der Waals surface area contributed by atoms with E-state index in [0.717, 1.165) is 17.3 Å². The van der Waals surface area contributed by atoms with E-state index < -0.39 is 0 Å². The summed E-state index contributed by atoms with van der Waals surface area (Å²) in [7, 11) is 2.02. The predicted molar refractivity (Wildman–Crippen MR) is 96.5 cm³/mol. The van der Waals surface area contributed by atoms with Gasteiger partial charge in [0.1, 0.15) is 0 Å². The first-order chi connectivity index (χ1) is 9.83. The molecule has 0 amide bonds. The van der Waals surface area contributed by atoms with E-state index in [1.54, 1.807) is 11.8 Å². The SMILES string of the molecule is CCN(C)C=Nc1cc(C)c(CC(=N)SC(C)C)cc1C. The number of aliphatic imine (C=N–C) groups is 1. The average molecular weight is 305 g/mol. The molecule has 0 bridgehead atoms. The normalized spacial score (nSPS) is 11.4. The van der Waals surface area contributed by atoms with Crippen LogP contribution < -0.4 is 0 Å². The lowest BCUT2D eigenvalue weighted by Crippen LogP contribution is -2.14. The zero-order valence-electron chi connectivity index (χ0n) is 14.0. The van der Waals surface area contributed by atoms with Crippen LogP contribution in [-0.4, -0.2) is 35.1 Å². The number of nitrogens with one attached hydrogen (secondary N) is 1. The fraction of sp³-hybridized carbons (Fsp3) is 0.529. The van der Waals surface area contributed by atoms with Gasteiger partial charge in [0.15, 0.2) is 0 Å². The molecule has 0 aliphatic carbocycles. The third-order valence-electron chi connectivity index (χ3n) is 3.28. The maximum atomic E-state index is 8.07. The lowest BCUT2D eigenvalue weighted by atomic mass is 10.0. The Balaban J connectivity index is 2.89. The van der Waals surface area contributed by atoms with E-state index in [-0.39, 0.29) is 0 Å². The number of hydrogen-bond donors (Lipinski definition) is 1. The van der Waals surface area contributed by atoms with Gasteiger partial charge in [-0.05, 0) is 43.5 Å². The first kappa shape index (κ1) is 17.8. The maximum absolute atomic E-state index is 8.07. The van der Waals surface area contributed by atoms with Crippen LogP contribution in [0.4, 0.5) is 5.69 Å². The predicted octanol–water partition coefficient (Wildman–Crippen LogP) is 4.58. The van der Waals surface area contributed by atoms with Crippen LogP contribution in [0.2, 0.25) is 0 Å². The van der Waals surface area contributed by atoms with E-state index in [9.17, 15) is 0 Å². The minimum Gasteiger partial charge on any atom is -0.366 e. The van der Waals surface area contributed by atoms with Gasteiger partial charge in [0.2, 0.25) is 0 Å². The van der Waals surface area contributed by atoms with Gasteiger partial charge in [-0.2, -0.15) is 0 Å². The molecule has 116 valence electrons. The highest BCUT2D eigenvalue weighted by molar-refractivity contribution is 8.14. The van der Waals surface area contributed by atoms with Crippen molar-refractivity contribution in [2.24, 2.45) is 4.99 Å². The molecular formula is C17H27N3S. The third kappa shape index (κ3) is 5.92. The summed E-state index contributed by atoms with van der Waals surface area (Å²) in [6.45, 7) is 11.5. The van der Waals surface area contributed by atoms with Crippen molar-refractivity contribution in [1.82, 2.24) is 4.90 Å². The van der Waals surface area contributed by atoms with Gasteiger partial charge in [-0.15, -0.1) is 11.8 Å². The van der Waals surface area contributed by atoms with Crippen LogP contribution in [0.5, 0.6) is 0 Å². The van der Waals surface area contributed by atoms with Gasteiger partial charge in [0, 0.05) is 25.3 Å². The first-order valence-corrected chi connectivity index (χ1v) is 8.30. The van der Waals surface area contributed by atoms with E-state index >= 15 is 0 Å². The molecule has 1 N–H and O–H groups in total. The Bertz CT molecular complexity index is 521. The molecule has 3 nitrogen and oxygen atoms in total. The van der Waals surface area contributed by atoms with Crippen molar-refractivity contribution < 1.29 is 0 Å². The molecule has 0 spiro atoms. The molecule has 1 rings (SSSR count). The molecule has 0 radical (unpaired) electrons. The highest BCUT2D eigenvalue weighted by atomic mass is 32.2. The van der Waals surface area contributed by atoms with Crippen molar-refractivity contribution in [2.75, 3.05) is 13.6 Å². The molecule has 1 aromatic rings. The van der Waals surface area contributed by atoms with Crippen molar-refractivity contribution >= 4 is 28.8 Å². The van der Waals surface area contributed by atoms with Crippen LogP contribution in [-0.2, 0) is 6.42 Å². The topological polar surface area (TPSA) is 39.5 Å². The number of benzene rings is 1. The molecule has 21 heavy (non-hydrogen) atoms. The molecule has 0 aromatic heterocycles. The summed E-state index contributed by atoms with van der Waals surface area (Å²) in [6.07, 6.45) is 2.59. The number of hydrogen-bond acceptors (Lipinski definition) is 3. The Labute approximate surface area is 133 Å². The quantitative estimate of drug-likeness (QED) is 0.617. The number of nitrogens with zero attached hydrogens (tertiary/aromatic N) is 2. The highest BCUT2D eigenvalue weighted by Gasteiger charge is 2.08. The van der Waals surface area contributed by atoms with Crippen LogP contribution in [0.15, 0.2) is 17.1 Å². The Morgan fingerprint density at radius 3 is 2.57 bits per heavy atom. The summed E-state index contributed by atoms with van der Waals surface area (Å²) in [4.78, 5) is 6.60. The molecule has 0 atom stereocenters. The minimum absolute atomic E-state index is 0.465.